The van der Waals surface area contributed by atoms with Gasteiger partial charge in [-0.25, -0.2) is 0 Å². The molecule has 3 heteroatoms. The summed E-state index contributed by atoms with van der Waals surface area (Å²) in [6, 6.07) is 10.7. The number of benzene rings is 1. The number of hydrogen-bond acceptors (Lipinski definition) is 2. The van der Waals surface area contributed by atoms with Crippen LogP contribution in [0, 0.1) is 0 Å². The number of quaternary nitrogens is 1. The summed E-state index contributed by atoms with van der Waals surface area (Å²) in [5, 5.41) is 0. The molecule has 1 aromatic carbocycles. The van der Waals surface area contributed by atoms with Gasteiger partial charge in [0.05, 0.1) is 20.3 Å². The minimum Gasteiger partial charge on any atom is -0.870 e. The van der Waals surface area contributed by atoms with Crippen molar-refractivity contribution in [3.8, 4) is 0 Å². The maximum absolute atomic E-state index is 5.39. The van der Waals surface area contributed by atoms with E-state index in [-0.39, 0.29) is 5.48 Å². The lowest BCUT2D eigenvalue weighted by Crippen LogP contribution is -2.51. The van der Waals surface area contributed by atoms with Gasteiger partial charge in [-0.2, -0.15) is 0 Å². The molecule has 0 bridgehead atoms. The molecule has 1 N–H and O–H groups in total. The highest BCUT2D eigenvalue weighted by Crippen LogP contribution is 2.13. The van der Waals surface area contributed by atoms with Crippen LogP contribution in [0.5, 0.6) is 0 Å². The van der Waals surface area contributed by atoms with Crippen LogP contribution >= 0.6 is 0 Å². The fourth-order valence-corrected chi connectivity index (χ4v) is 1.97. The van der Waals surface area contributed by atoms with Crippen molar-refractivity contribution in [1.29, 1.82) is 0 Å². The highest BCUT2D eigenvalue weighted by atomic mass is 16.5. The molecular formula is C12H19NO2. The quantitative estimate of drug-likeness (QED) is 0.692. The van der Waals surface area contributed by atoms with Gasteiger partial charge in [-0.05, 0) is 0 Å². The molecule has 0 radical (unpaired) electrons. The summed E-state index contributed by atoms with van der Waals surface area (Å²) in [7, 11) is 2.32. The fourth-order valence-electron chi connectivity index (χ4n) is 1.97. The topological polar surface area (TPSA) is 39.2 Å². The van der Waals surface area contributed by atoms with Gasteiger partial charge in [-0.3, -0.25) is 0 Å². The van der Waals surface area contributed by atoms with Crippen molar-refractivity contribution in [1.82, 2.24) is 0 Å². The summed E-state index contributed by atoms with van der Waals surface area (Å²) < 4.78 is 6.50. The number of nitrogens with zero attached hydrogens (tertiary/aromatic N) is 1. The largest absolute Gasteiger partial charge is 0.870 e. The van der Waals surface area contributed by atoms with Gasteiger partial charge in [0.2, 0.25) is 0 Å². The van der Waals surface area contributed by atoms with Gasteiger partial charge in [-0.1, -0.05) is 30.3 Å². The lowest BCUT2D eigenvalue weighted by atomic mass is 10.2. The third-order valence-electron chi connectivity index (χ3n) is 2.96. The Kier molecular flexibility index (Phi) is 4.27. The second kappa shape index (κ2) is 5.26. The molecule has 0 aromatic heterocycles. The number of hydrogen-bond donors (Lipinski definition) is 0. The molecule has 1 fully saturated rings. The van der Waals surface area contributed by atoms with E-state index in [0.717, 1.165) is 37.3 Å². The molecule has 15 heavy (non-hydrogen) atoms. The Morgan fingerprint density at radius 1 is 1.13 bits per heavy atom. The molecule has 0 unspecified atom stereocenters. The standard InChI is InChI=1S/C12H18NO.H2O/c1-13(7-9-14-10-8-13)11-12-5-3-2-4-6-12;/h2-6H,7-11H2,1H3;1H2/q+1;/p-1. The molecule has 0 amide bonds. The van der Waals surface area contributed by atoms with E-state index in [9.17, 15) is 0 Å². The minimum absolute atomic E-state index is 0. The van der Waals surface area contributed by atoms with Gasteiger partial charge >= 0.3 is 0 Å². The second-order valence-electron chi connectivity index (χ2n) is 4.32. The average Bonchev–Trinajstić information content (AvgIpc) is 2.19. The molecule has 1 aromatic rings. The molecule has 84 valence electrons. The zero-order valence-corrected chi connectivity index (χ0v) is 9.22. The summed E-state index contributed by atoms with van der Waals surface area (Å²) in [4.78, 5) is 0. The molecule has 3 nitrogen and oxygen atoms in total. The number of rotatable bonds is 2. The predicted molar refractivity (Wildman–Crippen MR) is 58.8 cm³/mol. The van der Waals surface area contributed by atoms with Crippen LogP contribution in [0.1, 0.15) is 5.56 Å². The van der Waals surface area contributed by atoms with E-state index in [4.69, 9.17) is 4.74 Å². The third kappa shape index (κ3) is 3.30. The Morgan fingerprint density at radius 2 is 1.73 bits per heavy atom. The van der Waals surface area contributed by atoms with Crippen molar-refractivity contribution < 1.29 is 14.7 Å². The summed E-state index contributed by atoms with van der Waals surface area (Å²) in [5.41, 5.74) is 1.43. The molecule has 1 aliphatic heterocycles. The molecule has 1 saturated heterocycles. The van der Waals surface area contributed by atoms with Crippen molar-refractivity contribution in [2.75, 3.05) is 33.4 Å². The Labute approximate surface area is 91.2 Å². The molecule has 0 aliphatic carbocycles. The van der Waals surface area contributed by atoms with Gasteiger partial charge in [0.1, 0.15) is 19.6 Å². The highest BCUT2D eigenvalue weighted by molar-refractivity contribution is 5.13. The number of ether oxygens (including phenoxy) is 1. The van der Waals surface area contributed by atoms with Gasteiger partial charge in [-0.15, -0.1) is 0 Å². The average molecular weight is 209 g/mol. The normalized spacial score (nSPS) is 19.3. The Morgan fingerprint density at radius 3 is 2.33 bits per heavy atom. The van der Waals surface area contributed by atoms with E-state index in [2.05, 4.69) is 37.4 Å². The molecule has 1 heterocycles. The lowest BCUT2D eigenvalue weighted by molar-refractivity contribution is -0.929. The number of morpholine rings is 1. The molecule has 1 aliphatic rings. The second-order valence-corrected chi connectivity index (χ2v) is 4.32. The van der Waals surface area contributed by atoms with Gasteiger partial charge in [0.25, 0.3) is 0 Å². The van der Waals surface area contributed by atoms with Crippen LogP contribution in [0.2, 0.25) is 0 Å². The highest BCUT2D eigenvalue weighted by Gasteiger charge is 2.24. The van der Waals surface area contributed by atoms with Crippen LogP contribution in [0.3, 0.4) is 0 Å². The minimum atomic E-state index is 0. The Bertz CT molecular complexity index is 281. The van der Waals surface area contributed by atoms with E-state index in [1.165, 1.54) is 5.56 Å². The first-order valence-corrected chi connectivity index (χ1v) is 5.24. The monoisotopic (exact) mass is 209 g/mol. The lowest BCUT2D eigenvalue weighted by Gasteiger charge is -2.37. The van der Waals surface area contributed by atoms with Crippen molar-refractivity contribution in [3.05, 3.63) is 35.9 Å². The first-order valence-electron chi connectivity index (χ1n) is 5.24. The number of likely N-dealkylation sites (N-methyl/N-ethyl adjacent to an activating group) is 1. The van der Waals surface area contributed by atoms with Gasteiger partial charge in [0, 0.05) is 5.56 Å². The first kappa shape index (κ1) is 12.2. The van der Waals surface area contributed by atoms with Gasteiger partial charge in [0.15, 0.2) is 0 Å². The van der Waals surface area contributed by atoms with E-state index in [1.807, 2.05) is 0 Å². The fraction of sp³-hybridized carbons (Fsp3) is 0.500. The maximum Gasteiger partial charge on any atom is 0.104 e. The van der Waals surface area contributed by atoms with Crippen LogP contribution < -0.4 is 0 Å². The van der Waals surface area contributed by atoms with Crippen LogP contribution in [0.4, 0.5) is 0 Å². The van der Waals surface area contributed by atoms with E-state index >= 15 is 0 Å². The van der Waals surface area contributed by atoms with Crippen molar-refractivity contribution in [3.63, 3.8) is 0 Å². The summed E-state index contributed by atoms with van der Waals surface area (Å²) in [6.45, 7) is 5.21. The maximum atomic E-state index is 5.39. The smallest absolute Gasteiger partial charge is 0.104 e. The molecule has 0 atom stereocenters. The SMILES string of the molecule is C[N+]1(Cc2ccccc2)CCOCC1.[OH-]. The Hall–Kier alpha value is -0.900. The Balaban J connectivity index is 0.00000112. The zero-order chi connectivity index (χ0) is 9.86. The molecule has 0 spiro atoms. The van der Waals surface area contributed by atoms with Crippen molar-refractivity contribution >= 4 is 0 Å². The summed E-state index contributed by atoms with van der Waals surface area (Å²) in [5.74, 6) is 0. The molecule has 2 rings (SSSR count). The van der Waals surface area contributed by atoms with Crippen molar-refractivity contribution in [2.24, 2.45) is 0 Å². The third-order valence-corrected chi connectivity index (χ3v) is 2.96. The summed E-state index contributed by atoms with van der Waals surface area (Å²) in [6.07, 6.45) is 0. The van der Waals surface area contributed by atoms with Crippen molar-refractivity contribution in [2.45, 2.75) is 6.54 Å². The first-order chi connectivity index (χ1) is 6.79. The van der Waals surface area contributed by atoms with Gasteiger partial charge < -0.3 is 14.7 Å². The van der Waals surface area contributed by atoms with E-state index in [0.29, 0.717) is 0 Å². The molecule has 0 saturated carbocycles. The molecular weight excluding hydrogens is 190 g/mol. The van der Waals surface area contributed by atoms with Crippen LogP contribution in [-0.4, -0.2) is 43.3 Å². The van der Waals surface area contributed by atoms with Crippen LogP contribution in [0.15, 0.2) is 30.3 Å². The van der Waals surface area contributed by atoms with E-state index < -0.39 is 0 Å². The summed E-state index contributed by atoms with van der Waals surface area (Å²) >= 11 is 0. The van der Waals surface area contributed by atoms with Crippen LogP contribution in [-0.2, 0) is 11.3 Å². The van der Waals surface area contributed by atoms with Crippen LogP contribution in [0.25, 0.3) is 0 Å². The predicted octanol–water partition coefficient (Wildman–Crippen LogP) is 1.49. The zero-order valence-electron chi connectivity index (χ0n) is 9.22. The van der Waals surface area contributed by atoms with E-state index in [1.54, 1.807) is 0 Å².